The van der Waals surface area contributed by atoms with Crippen LogP contribution in [0.25, 0.3) is 0 Å². The summed E-state index contributed by atoms with van der Waals surface area (Å²) in [5, 5.41) is 19.9. The number of hydrogen-bond acceptors (Lipinski definition) is 4. The maximum absolute atomic E-state index is 9.76. The number of likely N-dealkylation sites (N-methyl/N-ethyl adjacent to an activating group) is 1. The van der Waals surface area contributed by atoms with E-state index in [0.717, 1.165) is 30.1 Å². The largest absolute Gasteiger partial charge is 0.507 e. The number of para-hydroxylation sites is 1. The van der Waals surface area contributed by atoms with E-state index in [0.29, 0.717) is 11.1 Å². The highest BCUT2D eigenvalue weighted by Crippen LogP contribution is 2.36. The molecule has 1 atom stereocenters. The fraction of sp³-hybridized carbons (Fsp3) is 0.250. The average molecular weight is 298 g/mol. The molecular weight excluding hydrogens is 282 g/mol. The number of thiophene rings is 1. The number of quaternary nitrogens is 1. The summed E-state index contributed by atoms with van der Waals surface area (Å²) in [7, 11) is 2.17. The Morgan fingerprint density at radius 2 is 2.24 bits per heavy atom. The van der Waals surface area contributed by atoms with E-state index >= 15 is 0 Å². The van der Waals surface area contributed by atoms with Crippen LogP contribution in [-0.4, -0.2) is 24.9 Å². The first-order valence-corrected chi connectivity index (χ1v) is 7.68. The van der Waals surface area contributed by atoms with Crippen LogP contribution in [0.3, 0.4) is 0 Å². The van der Waals surface area contributed by atoms with Gasteiger partial charge in [0.1, 0.15) is 23.4 Å². The van der Waals surface area contributed by atoms with Gasteiger partial charge < -0.3 is 10.0 Å². The van der Waals surface area contributed by atoms with Crippen molar-refractivity contribution in [2.45, 2.75) is 13.0 Å². The topological polar surface area (TPSA) is 60.8 Å². The summed E-state index contributed by atoms with van der Waals surface area (Å²) in [6, 6.07) is 9.35. The number of rotatable bonds is 2. The molecule has 2 aromatic rings. The number of nitriles is 1. The number of benzene rings is 1. The Kier molecular flexibility index (Phi) is 3.74. The number of hydrogen-bond donors (Lipinski definition) is 2. The van der Waals surface area contributed by atoms with Gasteiger partial charge in [0, 0.05) is 18.2 Å². The van der Waals surface area contributed by atoms with Gasteiger partial charge in [-0.25, -0.2) is 4.99 Å². The van der Waals surface area contributed by atoms with Crippen molar-refractivity contribution in [2.75, 3.05) is 13.6 Å². The van der Waals surface area contributed by atoms with Gasteiger partial charge in [-0.05, 0) is 17.7 Å². The average Bonchev–Trinajstić information content (AvgIpc) is 2.82. The zero-order valence-electron chi connectivity index (χ0n) is 11.8. The lowest BCUT2D eigenvalue weighted by atomic mass is 10.0. The first-order chi connectivity index (χ1) is 10.2. The Morgan fingerprint density at radius 1 is 1.43 bits per heavy atom. The van der Waals surface area contributed by atoms with Crippen molar-refractivity contribution >= 4 is 22.6 Å². The molecule has 2 N–H and O–H groups in total. The van der Waals surface area contributed by atoms with Crippen molar-refractivity contribution in [1.82, 2.24) is 0 Å². The molecule has 1 aromatic carbocycles. The molecule has 5 heteroatoms. The van der Waals surface area contributed by atoms with E-state index in [1.807, 2.05) is 6.07 Å². The summed E-state index contributed by atoms with van der Waals surface area (Å²) in [5.41, 5.74) is 2.53. The molecule has 0 amide bonds. The molecule has 0 fully saturated rings. The Labute approximate surface area is 127 Å². The van der Waals surface area contributed by atoms with E-state index in [2.05, 4.69) is 18.1 Å². The molecule has 1 aromatic heterocycles. The molecular formula is C16H16N3OS+. The van der Waals surface area contributed by atoms with Gasteiger partial charge >= 0.3 is 0 Å². The van der Waals surface area contributed by atoms with Gasteiger partial charge in [-0.2, -0.15) is 5.26 Å². The first kappa shape index (κ1) is 13.8. The second-order valence-corrected chi connectivity index (χ2v) is 6.33. The molecule has 1 aliphatic rings. The number of phenolic OH excluding ortho intramolecular Hbond substituents is 1. The fourth-order valence-electron chi connectivity index (χ4n) is 2.54. The summed E-state index contributed by atoms with van der Waals surface area (Å²) in [4.78, 5) is 7.17. The predicted molar refractivity (Wildman–Crippen MR) is 83.6 cm³/mol. The third-order valence-corrected chi connectivity index (χ3v) is 4.85. The monoisotopic (exact) mass is 298 g/mol. The summed E-state index contributed by atoms with van der Waals surface area (Å²) in [5.74, 6) is 0.199. The lowest BCUT2D eigenvalue weighted by molar-refractivity contribution is -0.895. The molecule has 106 valence electrons. The highest BCUT2D eigenvalue weighted by atomic mass is 32.1. The zero-order chi connectivity index (χ0) is 14.8. The van der Waals surface area contributed by atoms with E-state index in [1.165, 1.54) is 9.78 Å². The van der Waals surface area contributed by atoms with Crippen LogP contribution in [0.1, 0.15) is 21.6 Å². The smallest absolute Gasteiger partial charge is 0.134 e. The van der Waals surface area contributed by atoms with Crippen molar-refractivity contribution in [3.63, 3.8) is 0 Å². The number of nitrogens with one attached hydrogen (secondary N) is 1. The Morgan fingerprint density at radius 3 is 3.00 bits per heavy atom. The van der Waals surface area contributed by atoms with Crippen LogP contribution >= 0.6 is 11.3 Å². The van der Waals surface area contributed by atoms with E-state index in [4.69, 9.17) is 0 Å². The van der Waals surface area contributed by atoms with Crippen molar-refractivity contribution in [1.29, 1.82) is 5.26 Å². The normalized spacial score (nSPS) is 17.6. The molecule has 0 aliphatic carbocycles. The van der Waals surface area contributed by atoms with Gasteiger partial charge in [0.05, 0.1) is 24.0 Å². The fourth-order valence-corrected chi connectivity index (χ4v) is 3.79. The van der Waals surface area contributed by atoms with Gasteiger partial charge in [-0.3, -0.25) is 0 Å². The van der Waals surface area contributed by atoms with Crippen LogP contribution < -0.4 is 4.90 Å². The predicted octanol–water partition coefficient (Wildman–Crippen LogP) is 1.65. The van der Waals surface area contributed by atoms with Crippen LogP contribution in [0, 0.1) is 11.3 Å². The molecule has 1 aliphatic heterocycles. The van der Waals surface area contributed by atoms with Crippen LogP contribution in [0.4, 0.5) is 5.00 Å². The van der Waals surface area contributed by atoms with Gasteiger partial charge in [-0.15, -0.1) is 11.3 Å². The van der Waals surface area contributed by atoms with Crippen LogP contribution in [-0.2, 0) is 13.0 Å². The minimum Gasteiger partial charge on any atom is -0.507 e. The molecule has 0 saturated heterocycles. The number of nitrogens with zero attached hydrogens (tertiary/aromatic N) is 2. The van der Waals surface area contributed by atoms with Crippen molar-refractivity contribution in [3.05, 3.63) is 45.8 Å². The lowest BCUT2D eigenvalue weighted by Gasteiger charge is -2.18. The number of aromatic hydroxyl groups is 1. The third-order valence-electron chi connectivity index (χ3n) is 3.71. The molecule has 0 radical (unpaired) electrons. The van der Waals surface area contributed by atoms with E-state index in [9.17, 15) is 10.4 Å². The molecule has 0 spiro atoms. The SMILES string of the molecule is C[NH+]1CCc2c(sc(/N=C/c3ccccc3O)c2C#N)C1. The Balaban J connectivity index is 1.97. The van der Waals surface area contributed by atoms with Crippen LogP contribution in [0.5, 0.6) is 5.75 Å². The minimum atomic E-state index is 0.199. The third kappa shape index (κ3) is 2.68. The summed E-state index contributed by atoms with van der Waals surface area (Å²) in [6.07, 6.45) is 2.57. The molecule has 0 saturated carbocycles. The molecule has 2 heterocycles. The van der Waals surface area contributed by atoms with Gasteiger partial charge in [0.2, 0.25) is 0 Å². The number of phenols is 1. The molecule has 1 unspecified atom stereocenters. The van der Waals surface area contributed by atoms with Crippen LogP contribution in [0.2, 0.25) is 0 Å². The van der Waals surface area contributed by atoms with E-state index in [1.54, 1.807) is 35.8 Å². The maximum atomic E-state index is 9.76. The van der Waals surface area contributed by atoms with E-state index < -0.39 is 0 Å². The Hall–Kier alpha value is -2.16. The second kappa shape index (κ2) is 5.68. The number of fused-ring (bicyclic) bond motifs is 1. The van der Waals surface area contributed by atoms with Crippen LogP contribution in [0.15, 0.2) is 29.3 Å². The van der Waals surface area contributed by atoms with Gasteiger partial charge in [0.25, 0.3) is 0 Å². The summed E-state index contributed by atoms with van der Waals surface area (Å²) >= 11 is 1.59. The summed E-state index contributed by atoms with van der Waals surface area (Å²) in [6.45, 7) is 2.02. The standard InChI is InChI=1S/C16H15N3OS/c1-19-7-6-12-13(8-17)16(21-15(12)10-19)18-9-11-4-2-3-5-14(11)20/h2-5,9,20H,6-7,10H2,1H3/p+1/b18-9+. The molecule has 21 heavy (non-hydrogen) atoms. The summed E-state index contributed by atoms with van der Waals surface area (Å²) < 4.78 is 0. The van der Waals surface area contributed by atoms with Gasteiger partial charge in [-0.1, -0.05) is 12.1 Å². The minimum absolute atomic E-state index is 0.199. The van der Waals surface area contributed by atoms with Crippen molar-refractivity contribution < 1.29 is 10.0 Å². The molecule has 4 nitrogen and oxygen atoms in total. The Bertz CT molecular complexity index is 742. The van der Waals surface area contributed by atoms with E-state index in [-0.39, 0.29) is 5.75 Å². The highest BCUT2D eigenvalue weighted by Gasteiger charge is 2.24. The van der Waals surface area contributed by atoms with Gasteiger partial charge in [0.15, 0.2) is 0 Å². The zero-order valence-corrected chi connectivity index (χ0v) is 12.6. The van der Waals surface area contributed by atoms with Crippen molar-refractivity contribution in [3.8, 4) is 11.8 Å². The molecule has 0 bridgehead atoms. The second-order valence-electron chi connectivity index (χ2n) is 5.25. The first-order valence-electron chi connectivity index (χ1n) is 6.87. The number of aliphatic imine (C=N–C) groups is 1. The maximum Gasteiger partial charge on any atom is 0.134 e. The molecule has 3 rings (SSSR count). The quantitative estimate of drug-likeness (QED) is 0.828. The highest BCUT2D eigenvalue weighted by molar-refractivity contribution is 7.16. The lowest BCUT2D eigenvalue weighted by Crippen LogP contribution is -3.08. The van der Waals surface area contributed by atoms with Crippen molar-refractivity contribution in [2.24, 2.45) is 4.99 Å².